The van der Waals surface area contributed by atoms with E-state index in [1.807, 2.05) is 42.2 Å². The van der Waals surface area contributed by atoms with E-state index in [0.29, 0.717) is 13.1 Å². The van der Waals surface area contributed by atoms with Crippen molar-refractivity contribution in [3.05, 3.63) is 71.3 Å². The molecule has 2 aromatic rings. The maximum absolute atomic E-state index is 12.7. The van der Waals surface area contributed by atoms with E-state index in [9.17, 15) is 4.79 Å². The van der Waals surface area contributed by atoms with Gasteiger partial charge in [0.1, 0.15) is 0 Å². The van der Waals surface area contributed by atoms with Gasteiger partial charge in [0.05, 0.1) is 6.54 Å². The van der Waals surface area contributed by atoms with Gasteiger partial charge in [-0.2, -0.15) is 0 Å². The van der Waals surface area contributed by atoms with Crippen LogP contribution in [0.2, 0.25) is 0 Å². The first-order valence-electron chi connectivity index (χ1n) is 9.55. The number of aliphatic imine (C=N–C) groups is 1. The molecule has 142 valence electrons. The number of benzene rings is 2. The number of likely N-dealkylation sites (N-methyl/N-ethyl adjacent to an activating group) is 1. The molecule has 27 heavy (non-hydrogen) atoms. The van der Waals surface area contributed by atoms with Crippen LogP contribution in [-0.2, 0) is 24.3 Å². The van der Waals surface area contributed by atoms with E-state index in [1.165, 1.54) is 11.1 Å². The summed E-state index contributed by atoms with van der Waals surface area (Å²) in [5, 5.41) is 3.26. The lowest BCUT2D eigenvalue weighted by Gasteiger charge is -2.32. The van der Waals surface area contributed by atoms with E-state index in [1.54, 1.807) is 7.05 Å². The third kappa shape index (κ3) is 4.88. The molecule has 1 heterocycles. The molecule has 0 spiro atoms. The maximum Gasteiger partial charge on any atom is 0.242 e. The standard InChI is InChI=1S/C22H28N4O/c1-3-25(16-18-9-5-4-6-10-18)21(27)15-24-22(23-2)26-14-13-19-11-7-8-12-20(19)17-26/h4-12H,3,13-17H2,1-2H3,(H,23,24). The Bertz CT molecular complexity index is 788. The lowest BCUT2D eigenvalue weighted by molar-refractivity contribution is -0.130. The Balaban J connectivity index is 1.56. The summed E-state index contributed by atoms with van der Waals surface area (Å²) in [6.07, 6.45) is 1.000. The Morgan fingerprint density at radius 1 is 1.11 bits per heavy atom. The molecule has 5 nitrogen and oxygen atoms in total. The summed E-state index contributed by atoms with van der Waals surface area (Å²) < 4.78 is 0. The van der Waals surface area contributed by atoms with Gasteiger partial charge in [-0.25, -0.2) is 0 Å². The van der Waals surface area contributed by atoms with Crippen LogP contribution in [0.3, 0.4) is 0 Å². The van der Waals surface area contributed by atoms with Crippen molar-refractivity contribution in [3.63, 3.8) is 0 Å². The molecule has 0 radical (unpaired) electrons. The molecule has 0 saturated carbocycles. The van der Waals surface area contributed by atoms with E-state index in [2.05, 4.69) is 39.5 Å². The summed E-state index contributed by atoms with van der Waals surface area (Å²) in [6, 6.07) is 18.6. The quantitative estimate of drug-likeness (QED) is 0.655. The van der Waals surface area contributed by atoms with Crippen LogP contribution in [0, 0.1) is 0 Å². The predicted molar refractivity (Wildman–Crippen MR) is 109 cm³/mol. The third-order valence-corrected chi connectivity index (χ3v) is 4.99. The van der Waals surface area contributed by atoms with Crippen molar-refractivity contribution in [1.29, 1.82) is 0 Å². The number of hydrogen-bond donors (Lipinski definition) is 1. The van der Waals surface area contributed by atoms with E-state index in [0.717, 1.165) is 31.0 Å². The zero-order valence-corrected chi connectivity index (χ0v) is 16.2. The molecule has 0 fully saturated rings. The largest absolute Gasteiger partial charge is 0.347 e. The number of hydrogen-bond acceptors (Lipinski definition) is 2. The Hall–Kier alpha value is -2.82. The van der Waals surface area contributed by atoms with E-state index < -0.39 is 0 Å². The normalized spacial score (nSPS) is 13.9. The lowest BCUT2D eigenvalue weighted by Crippen LogP contribution is -2.47. The second-order valence-electron chi connectivity index (χ2n) is 6.73. The average Bonchev–Trinajstić information content (AvgIpc) is 2.73. The molecule has 0 bridgehead atoms. The van der Waals surface area contributed by atoms with Crippen LogP contribution in [0.15, 0.2) is 59.6 Å². The van der Waals surface area contributed by atoms with Gasteiger partial charge >= 0.3 is 0 Å². The highest BCUT2D eigenvalue weighted by molar-refractivity contribution is 5.86. The number of nitrogens with one attached hydrogen (secondary N) is 1. The summed E-state index contributed by atoms with van der Waals surface area (Å²) in [7, 11) is 1.77. The lowest BCUT2D eigenvalue weighted by atomic mass is 10.0. The number of amides is 1. The predicted octanol–water partition coefficient (Wildman–Crippen LogP) is 2.67. The Kier molecular flexibility index (Phi) is 6.47. The number of carbonyl (C=O) groups is 1. The topological polar surface area (TPSA) is 47.9 Å². The van der Waals surface area contributed by atoms with Gasteiger partial charge in [-0.1, -0.05) is 54.6 Å². The van der Waals surface area contributed by atoms with Gasteiger partial charge in [0, 0.05) is 33.2 Å². The highest BCUT2D eigenvalue weighted by Gasteiger charge is 2.20. The van der Waals surface area contributed by atoms with Gasteiger partial charge < -0.3 is 15.1 Å². The number of guanidine groups is 1. The van der Waals surface area contributed by atoms with Crippen molar-refractivity contribution in [2.75, 3.05) is 26.7 Å². The minimum absolute atomic E-state index is 0.0833. The monoisotopic (exact) mass is 364 g/mol. The van der Waals surface area contributed by atoms with Crippen LogP contribution >= 0.6 is 0 Å². The molecule has 1 aliphatic heterocycles. The van der Waals surface area contributed by atoms with Gasteiger partial charge in [-0.05, 0) is 30.0 Å². The van der Waals surface area contributed by atoms with Crippen LogP contribution in [0.4, 0.5) is 0 Å². The van der Waals surface area contributed by atoms with E-state index in [-0.39, 0.29) is 12.5 Å². The molecule has 3 rings (SSSR count). The first-order chi connectivity index (χ1) is 13.2. The highest BCUT2D eigenvalue weighted by Crippen LogP contribution is 2.18. The van der Waals surface area contributed by atoms with E-state index in [4.69, 9.17) is 0 Å². The zero-order valence-electron chi connectivity index (χ0n) is 16.2. The van der Waals surface area contributed by atoms with Crippen LogP contribution in [0.5, 0.6) is 0 Å². The number of carbonyl (C=O) groups excluding carboxylic acids is 1. The fourth-order valence-electron chi connectivity index (χ4n) is 3.46. The molecule has 0 unspecified atom stereocenters. The first-order valence-corrected chi connectivity index (χ1v) is 9.55. The van der Waals surface area contributed by atoms with Gasteiger partial charge in [0.2, 0.25) is 5.91 Å². The minimum atomic E-state index is 0.0833. The van der Waals surface area contributed by atoms with Crippen molar-refractivity contribution < 1.29 is 4.79 Å². The average molecular weight is 364 g/mol. The molecule has 2 aromatic carbocycles. The van der Waals surface area contributed by atoms with Crippen molar-refractivity contribution in [2.24, 2.45) is 4.99 Å². The van der Waals surface area contributed by atoms with Crippen LogP contribution in [0.25, 0.3) is 0 Å². The van der Waals surface area contributed by atoms with Crippen LogP contribution in [0.1, 0.15) is 23.6 Å². The molecule has 5 heteroatoms. The second-order valence-corrected chi connectivity index (χ2v) is 6.73. The maximum atomic E-state index is 12.7. The van der Waals surface area contributed by atoms with Crippen LogP contribution < -0.4 is 5.32 Å². The van der Waals surface area contributed by atoms with Crippen molar-refractivity contribution in [3.8, 4) is 0 Å². The summed E-state index contributed by atoms with van der Waals surface area (Å²) >= 11 is 0. The highest BCUT2D eigenvalue weighted by atomic mass is 16.2. The summed E-state index contributed by atoms with van der Waals surface area (Å²) in [5.41, 5.74) is 3.88. The van der Waals surface area contributed by atoms with Gasteiger partial charge in [0.15, 0.2) is 5.96 Å². The van der Waals surface area contributed by atoms with Crippen molar-refractivity contribution in [2.45, 2.75) is 26.4 Å². The Morgan fingerprint density at radius 2 is 1.81 bits per heavy atom. The summed E-state index contributed by atoms with van der Waals surface area (Å²) in [6.45, 7) is 5.32. The summed E-state index contributed by atoms with van der Waals surface area (Å²) in [5.74, 6) is 0.869. The molecule has 0 aliphatic carbocycles. The van der Waals surface area contributed by atoms with Crippen molar-refractivity contribution in [1.82, 2.24) is 15.1 Å². The van der Waals surface area contributed by atoms with E-state index >= 15 is 0 Å². The fraction of sp³-hybridized carbons (Fsp3) is 0.364. The molecule has 1 aliphatic rings. The molecule has 0 atom stereocenters. The SMILES string of the molecule is CCN(Cc1ccccc1)C(=O)CNC(=NC)N1CCc2ccccc2C1. The summed E-state index contributed by atoms with van der Waals surface area (Å²) in [4.78, 5) is 21.1. The van der Waals surface area contributed by atoms with Gasteiger partial charge in [0.25, 0.3) is 0 Å². The third-order valence-electron chi connectivity index (χ3n) is 4.99. The first kappa shape index (κ1) is 19.0. The molecular weight excluding hydrogens is 336 g/mol. The Morgan fingerprint density at radius 3 is 2.52 bits per heavy atom. The minimum Gasteiger partial charge on any atom is -0.347 e. The van der Waals surface area contributed by atoms with Crippen LogP contribution in [-0.4, -0.2) is 48.3 Å². The molecular formula is C22H28N4O. The van der Waals surface area contributed by atoms with Crippen molar-refractivity contribution >= 4 is 11.9 Å². The number of fused-ring (bicyclic) bond motifs is 1. The van der Waals surface area contributed by atoms with Gasteiger partial charge in [-0.15, -0.1) is 0 Å². The zero-order chi connectivity index (χ0) is 19.1. The smallest absolute Gasteiger partial charge is 0.242 e. The molecule has 0 saturated heterocycles. The molecule has 0 aromatic heterocycles. The number of rotatable bonds is 5. The number of nitrogens with zero attached hydrogens (tertiary/aromatic N) is 3. The Labute approximate surface area is 161 Å². The molecule has 1 amide bonds. The fourth-order valence-corrected chi connectivity index (χ4v) is 3.46. The second kappa shape index (κ2) is 9.21. The molecule has 1 N–H and O–H groups in total. The van der Waals surface area contributed by atoms with Gasteiger partial charge in [-0.3, -0.25) is 9.79 Å².